The second-order valence-electron chi connectivity index (χ2n) is 6.11. The third-order valence-electron chi connectivity index (χ3n) is 3.63. The van der Waals surface area contributed by atoms with Gasteiger partial charge in [-0.2, -0.15) is 0 Å². The van der Waals surface area contributed by atoms with Crippen LogP contribution in [0.25, 0.3) is 0 Å². The lowest BCUT2D eigenvalue weighted by Crippen LogP contribution is -2.49. The third kappa shape index (κ3) is 6.21. The maximum Gasteiger partial charge on any atom is 0.152 e. The van der Waals surface area contributed by atoms with Crippen LogP contribution < -0.4 is 5.32 Å². The highest BCUT2D eigenvalue weighted by Gasteiger charge is 2.25. The first kappa shape index (κ1) is 16.9. The first-order chi connectivity index (χ1) is 8.76. The molecule has 1 fully saturated rings. The molecule has 1 saturated heterocycles. The summed E-state index contributed by atoms with van der Waals surface area (Å²) in [6, 6.07) is 0.345. The number of nitrogens with zero attached hydrogens (tertiary/aromatic N) is 1. The molecule has 1 atom stereocenters. The maximum absolute atomic E-state index is 11.3. The topological polar surface area (TPSA) is 69.6 Å². The van der Waals surface area contributed by atoms with Gasteiger partial charge in [-0.1, -0.05) is 13.8 Å². The largest absolute Gasteiger partial charge is 0.394 e. The summed E-state index contributed by atoms with van der Waals surface area (Å²) in [5.41, 5.74) is -0.240. The standard InChI is InChI=1S/C13H28N2O3S/c1-12(2)14-13(3,11-16)5-4-6-15-7-9-19(17,18)10-8-15/h12,14,16H,4-11H2,1-3H3. The molecule has 0 aliphatic carbocycles. The molecule has 2 N–H and O–H groups in total. The second-order valence-corrected chi connectivity index (χ2v) is 8.42. The second kappa shape index (κ2) is 7.02. The van der Waals surface area contributed by atoms with Crippen LogP contribution in [0.1, 0.15) is 33.6 Å². The molecule has 114 valence electrons. The monoisotopic (exact) mass is 292 g/mol. The molecule has 0 aromatic rings. The highest BCUT2D eigenvalue weighted by molar-refractivity contribution is 7.91. The van der Waals surface area contributed by atoms with Crippen molar-refractivity contribution in [2.75, 3.05) is 37.7 Å². The van der Waals surface area contributed by atoms with Gasteiger partial charge in [0, 0.05) is 24.7 Å². The SMILES string of the molecule is CC(C)NC(C)(CO)CCCN1CCS(=O)(=O)CC1. The summed E-state index contributed by atoms with van der Waals surface area (Å²) in [5, 5.41) is 12.9. The maximum atomic E-state index is 11.3. The molecule has 0 saturated carbocycles. The Labute approximate surface area is 117 Å². The van der Waals surface area contributed by atoms with E-state index in [-0.39, 0.29) is 23.7 Å². The van der Waals surface area contributed by atoms with Gasteiger partial charge in [0.1, 0.15) is 0 Å². The molecule has 6 heteroatoms. The highest BCUT2D eigenvalue weighted by Crippen LogP contribution is 2.14. The molecule has 0 amide bonds. The van der Waals surface area contributed by atoms with Gasteiger partial charge in [0.25, 0.3) is 0 Å². The minimum atomic E-state index is -2.78. The Morgan fingerprint density at radius 3 is 2.37 bits per heavy atom. The molecule has 5 nitrogen and oxygen atoms in total. The van der Waals surface area contributed by atoms with Crippen molar-refractivity contribution < 1.29 is 13.5 Å². The zero-order valence-corrected chi connectivity index (χ0v) is 13.2. The van der Waals surface area contributed by atoms with E-state index in [0.717, 1.165) is 19.4 Å². The minimum Gasteiger partial charge on any atom is -0.394 e. The first-order valence-corrected chi connectivity index (χ1v) is 8.90. The molecule has 19 heavy (non-hydrogen) atoms. The van der Waals surface area contributed by atoms with Crippen molar-refractivity contribution in [1.82, 2.24) is 10.2 Å². The molecule has 1 heterocycles. The van der Waals surface area contributed by atoms with Crippen LogP contribution in [-0.4, -0.2) is 67.8 Å². The summed E-state index contributed by atoms with van der Waals surface area (Å²) in [6.07, 6.45) is 1.86. The van der Waals surface area contributed by atoms with Crippen LogP contribution in [0.4, 0.5) is 0 Å². The zero-order chi connectivity index (χ0) is 14.5. The van der Waals surface area contributed by atoms with Crippen LogP contribution in [0.3, 0.4) is 0 Å². The summed E-state index contributed by atoms with van der Waals surface area (Å²) in [6.45, 7) is 8.51. The van der Waals surface area contributed by atoms with Gasteiger partial charge < -0.3 is 15.3 Å². The Morgan fingerprint density at radius 2 is 1.89 bits per heavy atom. The Kier molecular flexibility index (Phi) is 6.23. The van der Waals surface area contributed by atoms with Crippen LogP contribution in [0.5, 0.6) is 0 Å². The number of nitrogens with one attached hydrogen (secondary N) is 1. The van der Waals surface area contributed by atoms with E-state index in [1.165, 1.54) is 0 Å². The van der Waals surface area contributed by atoms with Crippen LogP contribution in [0.15, 0.2) is 0 Å². The van der Waals surface area contributed by atoms with Crippen LogP contribution in [0, 0.1) is 0 Å². The normalized spacial score (nSPS) is 23.4. The van der Waals surface area contributed by atoms with E-state index in [2.05, 4.69) is 24.1 Å². The molecule has 0 radical (unpaired) electrons. The lowest BCUT2D eigenvalue weighted by Gasteiger charge is -2.33. The molecular weight excluding hydrogens is 264 g/mol. The van der Waals surface area contributed by atoms with Gasteiger partial charge in [-0.3, -0.25) is 0 Å². The lowest BCUT2D eigenvalue weighted by molar-refractivity contribution is 0.149. The zero-order valence-electron chi connectivity index (χ0n) is 12.4. The Hall–Kier alpha value is -0.170. The summed E-state index contributed by atoms with van der Waals surface area (Å²) in [7, 11) is -2.78. The summed E-state index contributed by atoms with van der Waals surface area (Å²) >= 11 is 0. The van der Waals surface area contributed by atoms with Crippen LogP contribution in [-0.2, 0) is 9.84 Å². The quantitative estimate of drug-likeness (QED) is 0.704. The molecule has 1 aliphatic rings. The molecule has 0 aromatic heterocycles. The van der Waals surface area contributed by atoms with E-state index in [1.54, 1.807) is 0 Å². The van der Waals surface area contributed by atoms with Gasteiger partial charge in [0.05, 0.1) is 18.1 Å². The fourth-order valence-corrected chi connectivity index (χ4v) is 3.84. The highest BCUT2D eigenvalue weighted by atomic mass is 32.2. The number of rotatable bonds is 7. The Morgan fingerprint density at radius 1 is 1.32 bits per heavy atom. The van der Waals surface area contributed by atoms with Crippen LogP contribution in [0.2, 0.25) is 0 Å². The molecule has 0 aromatic carbocycles. The Bertz CT molecular complexity index is 356. The smallest absolute Gasteiger partial charge is 0.152 e. The fraction of sp³-hybridized carbons (Fsp3) is 1.00. The van der Waals surface area contributed by atoms with Crippen molar-refractivity contribution >= 4 is 9.84 Å². The number of hydrogen-bond acceptors (Lipinski definition) is 5. The van der Waals surface area contributed by atoms with E-state index in [1.807, 2.05) is 6.92 Å². The average Bonchev–Trinajstić information content (AvgIpc) is 2.30. The van der Waals surface area contributed by atoms with Gasteiger partial charge in [-0.25, -0.2) is 8.42 Å². The number of sulfone groups is 1. The molecule has 0 spiro atoms. The van der Waals surface area contributed by atoms with Crippen molar-refractivity contribution in [3.8, 4) is 0 Å². The predicted octanol–water partition coefficient (Wildman–Crippen LogP) is 0.246. The van der Waals surface area contributed by atoms with Crippen molar-refractivity contribution in [2.24, 2.45) is 0 Å². The van der Waals surface area contributed by atoms with Gasteiger partial charge in [-0.05, 0) is 26.3 Å². The van der Waals surface area contributed by atoms with Crippen LogP contribution >= 0.6 is 0 Å². The van der Waals surface area contributed by atoms with E-state index in [9.17, 15) is 13.5 Å². The molecule has 1 aliphatic heterocycles. The third-order valence-corrected chi connectivity index (χ3v) is 5.24. The van der Waals surface area contributed by atoms with Crippen molar-refractivity contribution in [2.45, 2.75) is 45.2 Å². The number of hydrogen-bond donors (Lipinski definition) is 2. The van der Waals surface area contributed by atoms with Crippen molar-refractivity contribution in [3.63, 3.8) is 0 Å². The van der Waals surface area contributed by atoms with Gasteiger partial charge >= 0.3 is 0 Å². The van der Waals surface area contributed by atoms with E-state index in [4.69, 9.17) is 0 Å². The first-order valence-electron chi connectivity index (χ1n) is 7.08. The number of aliphatic hydroxyl groups excluding tert-OH is 1. The predicted molar refractivity (Wildman–Crippen MR) is 78.1 cm³/mol. The van der Waals surface area contributed by atoms with E-state index in [0.29, 0.717) is 19.1 Å². The van der Waals surface area contributed by atoms with Gasteiger partial charge in [0.2, 0.25) is 0 Å². The average molecular weight is 292 g/mol. The van der Waals surface area contributed by atoms with Crippen molar-refractivity contribution in [1.29, 1.82) is 0 Å². The van der Waals surface area contributed by atoms with E-state index < -0.39 is 9.84 Å². The molecule has 1 unspecified atom stereocenters. The molecule has 0 bridgehead atoms. The minimum absolute atomic E-state index is 0.125. The van der Waals surface area contributed by atoms with Gasteiger partial charge in [-0.15, -0.1) is 0 Å². The Balaban J connectivity index is 2.29. The summed E-state index contributed by atoms with van der Waals surface area (Å²) in [4.78, 5) is 2.20. The van der Waals surface area contributed by atoms with E-state index >= 15 is 0 Å². The summed E-state index contributed by atoms with van der Waals surface area (Å²) in [5.74, 6) is 0.572. The summed E-state index contributed by atoms with van der Waals surface area (Å²) < 4.78 is 22.7. The van der Waals surface area contributed by atoms with Gasteiger partial charge in [0.15, 0.2) is 9.84 Å². The number of aliphatic hydroxyl groups is 1. The molecular formula is C13H28N2O3S. The van der Waals surface area contributed by atoms with Crippen molar-refractivity contribution in [3.05, 3.63) is 0 Å². The fourth-order valence-electron chi connectivity index (χ4n) is 2.56. The molecule has 1 rings (SSSR count). The lowest BCUT2D eigenvalue weighted by atomic mass is 9.95.